The summed E-state index contributed by atoms with van der Waals surface area (Å²) < 4.78 is 5.08. The van der Waals surface area contributed by atoms with Crippen molar-refractivity contribution in [3.8, 4) is 0 Å². The van der Waals surface area contributed by atoms with Crippen LogP contribution in [0, 0.1) is 5.41 Å². The lowest BCUT2D eigenvalue weighted by Crippen LogP contribution is -2.55. The molecule has 2 fully saturated rings. The van der Waals surface area contributed by atoms with E-state index in [1.807, 2.05) is 4.90 Å². The number of nitrogens with one attached hydrogen (secondary N) is 2. The molecule has 1 spiro atoms. The second-order valence-corrected chi connectivity index (χ2v) is 7.12. The van der Waals surface area contributed by atoms with Crippen LogP contribution in [0.5, 0.6) is 0 Å². The third-order valence-corrected chi connectivity index (χ3v) is 5.31. The number of hydrogen-bond acceptors (Lipinski definition) is 5. The Hall–Kier alpha value is -2.42. The molecule has 1 aromatic heterocycles. The van der Waals surface area contributed by atoms with Gasteiger partial charge in [0, 0.05) is 51.3 Å². The number of carbonyl (C=O) groups is 2. The van der Waals surface area contributed by atoms with Gasteiger partial charge in [-0.3, -0.25) is 19.4 Å². The number of H-pyrrole nitrogens is 2. The second kappa shape index (κ2) is 7.45. The first-order valence-electron chi connectivity index (χ1n) is 8.82. The van der Waals surface area contributed by atoms with Crippen LogP contribution in [0.2, 0.25) is 0 Å². The average Bonchev–Trinajstić information content (AvgIpc) is 2.62. The van der Waals surface area contributed by atoms with Crippen LogP contribution in [0.15, 0.2) is 15.8 Å². The molecule has 0 aromatic carbocycles. The van der Waals surface area contributed by atoms with Crippen LogP contribution in [0.3, 0.4) is 0 Å². The van der Waals surface area contributed by atoms with E-state index in [4.69, 9.17) is 4.74 Å². The minimum Gasteiger partial charge on any atom is -0.383 e. The summed E-state index contributed by atoms with van der Waals surface area (Å²) in [6.45, 7) is 2.69. The third kappa shape index (κ3) is 3.72. The molecule has 1 aromatic rings. The topological polar surface area (TPSA) is 116 Å². The number of methoxy groups -OCH3 is 1. The fraction of sp³-hybridized carbons (Fsp3) is 0.647. The quantitative estimate of drug-likeness (QED) is 0.751. The first-order chi connectivity index (χ1) is 12.4. The molecule has 3 heterocycles. The van der Waals surface area contributed by atoms with E-state index in [9.17, 15) is 19.2 Å². The van der Waals surface area contributed by atoms with E-state index in [1.165, 1.54) is 6.20 Å². The smallest absolute Gasteiger partial charge is 0.325 e. The van der Waals surface area contributed by atoms with Gasteiger partial charge in [-0.05, 0) is 19.3 Å². The van der Waals surface area contributed by atoms with Gasteiger partial charge in [-0.15, -0.1) is 0 Å². The van der Waals surface area contributed by atoms with Crippen molar-refractivity contribution >= 4 is 11.8 Å². The summed E-state index contributed by atoms with van der Waals surface area (Å²) in [5, 5.41) is 0. The average molecular weight is 364 g/mol. The number of piperidine rings is 2. The summed E-state index contributed by atoms with van der Waals surface area (Å²) in [5.74, 6) is -0.268. The number of aromatic amines is 2. The second-order valence-electron chi connectivity index (χ2n) is 7.12. The minimum absolute atomic E-state index is 0.0650. The Morgan fingerprint density at radius 2 is 2.08 bits per heavy atom. The molecular weight excluding hydrogens is 340 g/mol. The van der Waals surface area contributed by atoms with E-state index in [0.717, 1.165) is 19.3 Å². The van der Waals surface area contributed by atoms with Crippen LogP contribution < -0.4 is 11.2 Å². The van der Waals surface area contributed by atoms with Crippen LogP contribution in [-0.4, -0.2) is 71.5 Å². The zero-order chi connectivity index (χ0) is 18.7. The van der Waals surface area contributed by atoms with Crippen LogP contribution in [-0.2, 0) is 9.53 Å². The highest BCUT2D eigenvalue weighted by Gasteiger charge is 2.42. The predicted octanol–water partition coefficient (Wildman–Crippen LogP) is -0.446. The SMILES string of the molecule is COCCN1C[C@]2(CCCN(C(=O)c3c[nH]c(=O)[nH]c3=O)C2)CCC1=O. The lowest BCUT2D eigenvalue weighted by Gasteiger charge is -2.48. The van der Waals surface area contributed by atoms with Gasteiger partial charge in [0.15, 0.2) is 0 Å². The van der Waals surface area contributed by atoms with E-state index in [2.05, 4.69) is 9.97 Å². The van der Waals surface area contributed by atoms with Crippen molar-refractivity contribution in [3.63, 3.8) is 0 Å². The first kappa shape index (κ1) is 18.4. The molecule has 2 aliphatic rings. The summed E-state index contributed by atoms with van der Waals surface area (Å²) >= 11 is 0. The maximum atomic E-state index is 12.8. The fourth-order valence-electron chi connectivity index (χ4n) is 3.96. The summed E-state index contributed by atoms with van der Waals surface area (Å²) in [4.78, 5) is 55.9. The molecule has 0 bridgehead atoms. The van der Waals surface area contributed by atoms with E-state index < -0.39 is 11.2 Å². The maximum Gasteiger partial charge on any atom is 0.325 e. The number of aromatic nitrogens is 2. The van der Waals surface area contributed by atoms with Crippen LogP contribution in [0.4, 0.5) is 0 Å². The Kier molecular flexibility index (Phi) is 5.26. The molecule has 142 valence electrons. The number of likely N-dealkylation sites (tertiary alicyclic amines) is 2. The summed E-state index contributed by atoms with van der Waals surface area (Å²) in [6, 6.07) is 0. The van der Waals surface area contributed by atoms with Crippen LogP contribution in [0.25, 0.3) is 0 Å². The highest BCUT2D eigenvalue weighted by Crippen LogP contribution is 2.39. The standard InChI is InChI=1S/C17H24N4O5/c1-26-8-7-20-10-17(5-3-13(20)22)4-2-6-21(11-17)15(24)12-9-18-16(25)19-14(12)23/h9H,2-8,10-11H2,1H3,(H2,18,19,23,25)/t17-/m0/s1. The van der Waals surface area contributed by atoms with Gasteiger partial charge in [-0.25, -0.2) is 4.79 Å². The highest BCUT2D eigenvalue weighted by molar-refractivity contribution is 5.93. The van der Waals surface area contributed by atoms with Crippen molar-refractivity contribution in [1.82, 2.24) is 19.8 Å². The number of ether oxygens (including phenoxy) is 1. The van der Waals surface area contributed by atoms with Crippen molar-refractivity contribution in [2.45, 2.75) is 25.7 Å². The van der Waals surface area contributed by atoms with Gasteiger partial charge in [-0.1, -0.05) is 0 Å². The van der Waals surface area contributed by atoms with E-state index in [0.29, 0.717) is 39.2 Å². The molecule has 9 nitrogen and oxygen atoms in total. The Morgan fingerprint density at radius 1 is 1.27 bits per heavy atom. The van der Waals surface area contributed by atoms with Crippen LogP contribution >= 0.6 is 0 Å². The third-order valence-electron chi connectivity index (χ3n) is 5.31. The van der Waals surface area contributed by atoms with Gasteiger partial charge >= 0.3 is 5.69 Å². The van der Waals surface area contributed by atoms with E-state index >= 15 is 0 Å². The summed E-state index contributed by atoms with van der Waals surface area (Å²) in [5.41, 5.74) is -1.53. The van der Waals surface area contributed by atoms with Crippen LogP contribution in [0.1, 0.15) is 36.0 Å². The molecule has 2 amide bonds. The molecule has 2 aliphatic heterocycles. The van der Waals surface area contributed by atoms with Crippen molar-refractivity contribution in [2.24, 2.45) is 5.41 Å². The molecular formula is C17H24N4O5. The Bertz CT molecular complexity index is 801. The van der Waals surface area contributed by atoms with Crippen molar-refractivity contribution in [1.29, 1.82) is 0 Å². The molecule has 0 saturated carbocycles. The molecule has 2 N–H and O–H groups in total. The van der Waals surface area contributed by atoms with Gasteiger partial charge < -0.3 is 19.5 Å². The first-order valence-corrected chi connectivity index (χ1v) is 8.82. The lowest BCUT2D eigenvalue weighted by atomic mass is 9.73. The molecule has 1 atom stereocenters. The number of nitrogens with zero attached hydrogens (tertiary/aromatic N) is 2. The number of amides is 2. The van der Waals surface area contributed by atoms with Gasteiger partial charge in [0.05, 0.1) is 6.61 Å². The molecule has 3 rings (SSSR count). The Labute approximate surface area is 150 Å². The van der Waals surface area contributed by atoms with Gasteiger partial charge in [0.2, 0.25) is 5.91 Å². The Balaban J connectivity index is 1.76. The fourth-order valence-corrected chi connectivity index (χ4v) is 3.96. The van der Waals surface area contributed by atoms with Gasteiger partial charge in [-0.2, -0.15) is 0 Å². The largest absolute Gasteiger partial charge is 0.383 e. The van der Waals surface area contributed by atoms with Crippen molar-refractivity contribution in [2.75, 3.05) is 39.9 Å². The molecule has 2 saturated heterocycles. The molecule has 26 heavy (non-hydrogen) atoms. The zero-order valence-corrected chi connectivity index (χ0v) is 14.9. The number of hydrogen-bond donors (Lipinski definition) is 2. The summed E-state index contributed by atoms with van der Waals surface area (Å²) in [6.07, 6.45) is 4.13. The zero-order valence-electron chi connectivity index (χ0n) is 14.9. The molecule has 0 radical (unpaired) electrons. The van der Waals surface area contributed by atoms with E-state index in [-0.39, 0.29) is 22.8 Å². The van der Waals surface area contributed by atoms with E-state index in [1.54, 1.807) is 12.0 Å². The predicted molar refractivity (Wildman–Crippen MR) is 92.9 cm³/mol. The Morgan fingerprint density at radius 3 is 2.81 bits per heavy atom. The lowest BCUT2D eigenvalue weighted by molar-refractivity contribution is -0.139. The number of carbonyl (C=O) groups excluding carboxylic acids is 2. The molecule has 0 aliphatic carbocycles. The minimum atomic E-state index is -0.682. The highest BCUT2D eigenvalue weighted by atomic mass is 16.5. The van der Waals surface area contributed by atoms with Gasteiger partial charge in [0.25, 0.3) is 11.5 Å². The van der Waals surface area contributed by atoms with Crippen molar-refractivity contribution < 1.29 is 14.3 Å². The van der Waals surface area contributed by atoms with Crippen molar-refractivity contribution in [3.05, 3.63) is 32.6 Å². The summed E-state index contributed by atoms with van der Waals surface area (Å²) in [7, 11) is 1.60. The molecule has 9 heteroatoms. The normalized spacial score (nSPS) is 23.5. The number of rotatable bonds is 4. The monoisotopic (exact) mass is 364 g/mol. The van der Waals surface area contributed by atoms with Gasteiger partial charge in [0.1, 0.15) is 5.56 Å². The molecule has 0 unspecified atom stereocenters. The maximum absolute atomic E-state index is 12.8.